The second-order valence-corrected chi connectivity index (χ2v) is 7.18. The summed E-state index contributed by atoms with van der Waals surface area (Å²) in [4.78, 5) is 0.129. The first-order chi connectivity index (χ1) is 10.1. The van der Waals surface area contributed by atoms with E-state index in [1.54, 1.807) is 0 Å². The minimum Gasteiger partial charge on any atom is -0.489 e. The number of alkyl halides is 1. The minimum absolute atomic E-state index is 0.129. The van der Waals surface area contributed by atoms with E-state index >= 15 is 0 Å². The Morgan fingerprint density at radius 3 is 2.48 bits per heavy atom. The fraction of sp³-hybridized carbons (Fsp3) is 0.294. The average Bonchev–Trinajstić information content (AvgIpc) is 2.68. The van der Waals surface area contributed by atoms with Crippen LogP contribution < -0.4 is 9.47 Å². The maximum absolute atomic E-state index is 5.86. The molecule has 0 amide bonds. The molecule has 2 aromatic rings. The Hall–Kier alpha value is -1.00. The average molecular weight is 412 g/mol. The number of fused-ring (bicyclic) bond motifs is 1. The zero-order valence-corrected chi connectivity index (χ0v) is 14.9. The lowest BCUT2D eigenvalue weighted by molar-refractivity contribution is 0.228. The summed E-state index contributed by atoms with van der Waals surface area (Å²) in [7, 11) is 0. The predicted octanol–water partition coefficient (Wildman–Crippen LogP) is 5.34. The molecule has 0 aromatic heterocycles. The van der Waals surface area contributed by atoms with Crippen molar-refractivity contribution in [3.8, 4) is 11.5 Å². The van der Waals surface area contributed by atoms with E-state index in [0.717, 1.165) is 21.5 Å². The van der Waals surface area contributed by atoms with Gasteiger partial charge in [-0.25, -0.2) is 0 Å². The SMILES string of the molecule is CC1COc2ccc(C(Br)c3cccc(Br)c3)cc2OC1. The van der Waals surface area contributed by atoms with Crippen molar-refractivity contribution >= 4 is 31.9 Å². The first-order valence-electron chi connectivity index (χ1n) is 6.92. The summed E-state index contributed by atoms with van der Waals surface area (Å²) in [5.74, 6) is 2.07. The van der Waals surface area contributed by atoms with Crippen molar-refractivity contribution in [2.24, 2.45) is 5.92 Å². The van der Waals surface area contributed by atoms with Crippen LogP contribution in [-0.2, 0) is 0 Å². The molecule has 1 aliphatic heterocycles. The molecular weight excluding hydrogens is 396 g/mol. The van der Waals surface area contributed by atoms with Crippen LogP contribution in [0.25, 0.3) is 0 Å². The van der Waals surface area contributed by atoms with Crippen LogP contribution in [0.15, 0.2) is 46.9 Å². The molecule has 0 saturated heterocycles. The van der Waals surface area contributed by atoms with E-state index in [4.69, 9.17) is 9.47 Å². The normalized spacial score (nSPS) is 18.9. The van der Waals surface area contributed by atoms with Gasteiger partial charge in [0.25, 0.3) is 0 Å². The van der Waals surface area contributed by atoms with Crippen molar-refractivity contribution in [2.45, 2.75) is 11.8 Å². The Morgan fingerprint density at radius 2 is 1.71 bits per heavy atom. The molecule has 2 unspecified atom stereocenters. The van der Waals surface area contributed by atoms with Gasteiger partial charge in [-0.3, -0.25) is 0 Å². The molecule has 2 aromatic carbocycles. The molecule has 1 heterocycles. The molecule has 1 aliphatic rings. The maximum Gasteiger partial charge on any atom is 0.161 e. The third kappa shape index (κ3) is 3.43. The van der Waals surface area contributed by atoms with Crippen molar-refractivity contribution in [3.63, 3.8) is 0 Å². The minimum atomic E-state index is 0.129. The number of rotatable bonds is 2. The molecule has 0 bridgehead atoms. The Balaban J connectivity index is 1.90. The number of benzene rings is 2. The standard InChI is InChI=1S/C17H16Br2O2/c1-11-9-20-15-6-5-13(8-16(15)21-10-11)17(19)12-3-2-4-14(18)7-12/h2-8,11,17H,9-10H2,1H3. The maximum atomic E-state index is 5.86. The van der Waals surface area contributed by atoms with Crippen LogP contribution in [0.4, 0.5) is 0 Å². The molecule has 21 heavy (non-hydrogen) atoms. The van der Waals surface area contributed by atoms with Gasteiger partial charge in [-0.15, -0.1) is 0 Å². The molecule has 0 aliphatic carbocycles. The topological polar surface area (TPSA) is 18.5 Å². The summed E-state index contributed by atoms with van der Waals surface area (Å²) in [6, 6.07) is 14.4. The van der Waals surface area contributed by atoms with Gasteiger partial charge < -0.3 is 9.47 Å². The van der Waals surface area contributed by atoms with Gasteiger partial charge in [-0.05, 0) is 35.4 Å². The van der Waals surface area contributed by atoms with Crippen LogP contribution in [0.1, 0.15) is 22.9 Å². The highest BCUT2D eigenvalue weighted by Crippen LogP contribution is 2.38. The van der Waals surface area contributed by atoms with Gasteiger partial charge >= 0.3 is 0 Å². The van der Waals surface area contributed by atoms with Gasteiger partial charge in [0.05, 0.1) is 18.0 Å². The zero-order chi connectivity index (χ0) is 14.8. The summed E-state index contributed by atoms with van der Waals surface area (Å²) >= 11 is 7.28. The third-order valence-electron chi connectivity index (χ3n) is 3.45. The second kappa shape index (κ2) is 6.41. The van der Waals surface area contributed by atoms with Gasteiger partial charge in [0.1, 0.15) is 0 Å². The van der Waals surface area contributed by atoms with E-state index in [1.807, 2.05) is 18.2 Å². The van der Waals surface area contributed by atoms with Gasteiger partial charge in [-0.1, -0.05) is 57.0 Å². The van der Waals surface area contributed by atoms with Crippen LogP contribution in [0, 0.1) is 5.92 Å². The highest BCUT2D eigenvalue weighted by Gasteiger charge is 2.18. The zero-order valence-electron chi connectivity index (χ0n) is 11.7. The Morgan fingerprint density at radius 1 is 1.00 bits per heavy atom. The van der Waals surface area contributed by atoms with Crippen molar-refractivity contribution in [2.75, 3.05) is 13.2 Å². The molecule has 2 nitrogen and oxygen atoms in total. The summed E-state index contributed by atoms with van der Waals surface area (Å²) < 4.78 is 12.7. The molecule has 0 fully saturated rings. The van der Waals surface area contributed by atoms with Crippen LogP contribution in [0.5, 0.6) is 11.5 Å². The molecule has 4 heteroatoms. The van der Waals surface area contributed by atoms with Crippen LogP contribution in [0.2, 0.25) is 0 Å². The molecule has 110 valence electrons. The van der Waals surface area contributed by atoms with Crippen LogP contribution in [0.3, 0.4) is 0 Å². The van der Waals surface area contributed by atoms with Crippen LogP contribution >= 0.6 is 31.9 Å². The Bertz CT molecular complexity index is 642. The van der Waals surface area contributed by atoms with Crippen molar-refractivity contribution in [1.29, 1.82) is 0 Å². The van der Waals surface area contributed by atoms with Gasteiger partial charge in [0.2, 0.25) is 0 Å². The number of halogens is 2. The van der Waals surface area contributed by atoms with Gasteiger partial charge in [-0.2, -0.15) is 0 Å². The Kier molecular flexibility index (Phi) is 4.55. The largest absolute Gasteiger partial charge is 0.489 e. The van der Waals surface area contributed by atoms with Crippen molar-refractivity contribution < 1.29 is 9.47 Å². The van der Waals surface area contributed by atoms with Crippen LogP contribution in [-0.4, -0.2) is 13.2 Å². The highest BCUT2D eigenvalue weighted by atomic mass is 79.9. The van der Waals surface area contributed by atoms with E-state index in [0.29, 0.717) is 19.1 Å². The Labute approximate surface area is 141 Å². The quantitative estimate of drug-likeness (QED) is 0.621. The summed E-state index contributed by atoms with van der Waals surface area (Å²) in [5, 5.41) is 0. The second-order valence-electron chi connectivity index (χ2n) is 5.35. The van der Waals surface area contributed by atoms with E-state index < -0.39 is 0 Å². The van der Waals surface area contributed by atoms with Crippen molar-refractivity contribution in [1.82, 2.24) is 0 Å². The predicted molar refractivity (Wildman–Crippen MR) is 91.5 cm³/mol. The van der Waals surface area contributed by atoms with E-state index in [9.17, 15) is 0 Å². The molecule has 0 spiro atoms. The summed E-state index contributed by atoms with van der Waals surface area (Å²) in [6.45, 7) is 3.53. The third-order valence-corrected chi connectivity index (χ3v) is 5.00. The van der Waals surface area contributed by atoms with Crippen molar-refractivity contribution in [3.05, 3.63) is 58.1 Å². The monoisotopic (exact) mass is 410 g/mol. The number of hydrogen-bond acceptors (Lipinski definition) is 2. The first-order valence-corrected chi connectivity index (χ1v) is 8.63. The summed E-state index contributed by atoms with van der Waals surface area (Å²) in [5.41, 5.74) is 2.36. The lowest BCUT2D eigenvalue weighted by atomic mass is 10.0. The molecule has 0 radical (unpaired) electrons. The number of ether oxygens (including phenoxy) is 2. The highest BCUT2D eigenvalue weighted by molar-refractivity contribution is 9.10. The molecule has 3 rings (SSSR count). The van der Waals surface area contributed by atoms with E-state index in [2.05, 4.69) is 63.0 Å². The number of hydrogen-bond donors (Lipinski definition) is 0. The van der Waals surface area contributed by atoms with E-state index in [-0.39, 0.29) is 4.83 Å². The molecule has 0 N–H and O–H groups in total. The molecule has 2 atom stereocenters. The fourth-order valence-electron chi connectivity index (χ4n) is 2.28. The van der Waals surface area contributed by atoms with Gasteiger partial charge in [0, 0.05) is 10.4 Å². The molecule has 0 saturated carbocycles. The summed E-state index contributed by atoms with van der Waals surface area (Å²) in [6.07, 6.45) is 0. The molecular formula is C17H16Br2O2. The van der Waals surface area contributed by atoms with Gasteiger partial charge in [0.15, 0.2) is 11.5 Å². The lowest BCUT2D eigenvalue weighted by Crippen LogP contribution is -2.12. The fourth-order valence-corrected chi connectivity index (χ4v) is 3.27. The lowest BCUT2D eigenvalue weighted by Gasteiger charge is -2.14. The van der Waals surface area contributed by atoms with E-state index in [1.165, 1.54) is 5.56 Å². The smallest absolute Gasteiger partial charge is 0.161 e. The first kappa shape index (κ1) is 14.9.